The second-order valence-electron chi connectivity index (χ2n) is 35.2. The number of hydrogen-bond donors (Lipinski definition) is 0. The zero-order valence-corrected chi connectivity index (χ0v) is 69.8. The first-order chi connectivity index (χ1) is 55.7. The van der Waals surface area contributed by atoms with E-state index in [1.165, 1.54) is 33.5 Å². The summed E-state index contributed by atoms with van der Waals surface area (Å²) in [5.41, 5.74) is 24.3. The van der Waals surface area contributed by atoms with E-state index in [1.54, 1.807) is 18.6 Å². The number of hydrogen-bond acceptors (Lipinski definition) is 4. The molecule has 8 aromatic carbocycles. The molecule has 8 heterocycles. The highest BCUT2D eigenvalue weighted by atomic mass is 16.5. The van der Waals surface area contributed by atoms with E-state index in [2.05, 4.69) is 265 Å². The third-order valence-corrected chi connectivity index (χ3v) is 26.0. The van der Waals surface area contributed by atoms with Crippen LogP contribution in [0.1, 0.15) is 214 Å². The number of benzene rings is 8. The summed E-state index contributed by atoms with van der Waals surface area (Å²) in [5.74, 6) is 3.51. The van der Waals surface area contributed by atoms with Crippen LogP contribution in [0.3, 0.4) is 0 Å². The Bertz CT molecular complexity index is 6010. The van der Waals surface area contributed by atoms with Crippen LogP contribution in [-0.4, -0.2) is 22.4 Å². The Labute approximate surface area is 705 Å². The van der Waals surface area contributed by atoms with Gasteiger partial charge in [0.05, 0.1) is 0 Å². The molecule has 4 aromatic heterocycles. The van der Waals surface area contributed by atoms with Gasteiger partial charge in [0.15, 0.2) is 24.8 Å². The van der Waals surface area contributed by atoms with E-state index < -0.39 is 26.2 Å². The van der Waals surface area contributed by atoms with Crippen molar-refractivity contribution < 1.29 is 49.6 Å². The highest BCUT2D eigenvalue weighted by Crippen LogP contribution is 2.56. The third kappa shape index (κ3) is 15.7. The van der Waals surface area contributed by atoms with Crippen molar-refractivity contribution in [2.24, 2.45) is 28.2 Å². The molecule has 0 N–H and O–H groups in total. The number of fused-ring (bicyclic) bond motifs is 4. The second kappa shape index (κ2) is 32.3. The topological polar surface area (TPSA) is 52.4 Å². The fourth-order valence-electron chi connectivity index (χ4n) is 16.0. The molecule has 16 rings (SSSR count). The standard InChI is InChI=1S/3C26H30NO.C25H28NO.4CH4/c1-17-11-8-9-12-19(17)23-15-21(18(2)16-27(23)7)20-13-10-14-22-24(20)28-26(5,6)25(22,3)4;1-17-10-8-9-11-20(17)23-15-21(18(2)16-27(23)7)19-12-13-24-22(14-19)25(3,4)26(5,6)28-24;1-17-10-8-9-11-20(17)23-15-21(18(2)16-27(23)7)19-12-13-22-24(14-19)28-26(5,6)25(22,3)4;1-17-10-7-8-11-19(17)22-16-18(14-15-26(22)6)20-12-9-13-21-23(20)27-25(4,5)24(21,2)3;;;;/h3*8-16H,1-7H3;7-16H,1-6H3;4*1H4/q4*+1;;;;/i3*2D3;;;;;. The summed E-state index contributed by atoms with van der Waals surface area (Å²) < 4.78 is 107. The highest BCUT2D eigenvalue weighted by molar-refractivity contribution is 5.81. The highest BCUT2D eigenvalue weighted by Gasteiger charge is 2.52. The van der Waals surface area contributed by atoms with Crippen LogP contribution < -0.4 is 37.2 Å². The predicted octanol–water partition coefficient (Wildman–Crippen LogP) is 25.9. The number of nitrogens with zero attached hydrogens (tertiary/aromatic N) is 4. The molecule has 0 amide bonds. The Morgan fingerprint density at radius 2 is 0.574 bits per heavy atom. The summed E-state index contributed by atoms with van der Waals surface area (Å²) in [5, 5.41) is 0. The number of rotatable bonds is 8. The van der Waals surface area contributed by atoms with E-state index >= 15 is 0 Å². The average Bonchev–Trinajstić information content (AvgIpc) is 1.59. The lowest BCUT2D eigenvalue weighted by Gasteiger charge is -2.33. The maximum Gasteiger partial charge on any atom is 0.213 e. The molecule has 12 aromatic rings. The average molecular weight is 1550 g/mol. The summed E-state index contributed by atoms with van der Waals surface area (Å²) in [6.45, 7) is 36.2. The first-order valence-electron chi connectivity index (χ1n) is 43.4. The van der Waals surface area contributed by atoms with Crippen molar-refractivity contribution in [3.8, 4) is 113 Å². The van der Waals surface area contributed by atoms with Crippen LogP contribution in [0.2, 0.25) is 0 Å². The van der Waals surface area contributed by atoms with Crippen LogP contribution in [0.25, 0.3) is 89.5 Å². The van der Waals surface area contributed by atoms with Crippen LogP contribution in [0.4, 0.5) is 0 Å². The summed E-state index contributed by atoms with van der Waals surface area (Å²) in [4.78, 5) is 0. The number of para-hydroxylation sites is 2. The molecule has 8 heteroatoms. The lowest BCUT2D eigenvalue weighted by Crippen LogP contribution is -2.41. The predicted molar refractivity (Wildman–Crippen MR) is 485 cm³/mol. The first-order valence-corrected chi connectivity index (χ1v) is 38.9. The van der Waals surface area contributed by atoms with Gasteiger partial charge in [0, 0.05) is 142 Å². The van der Waals surface area contributed by atoms with Crippen molar-refractivity contribution in [3.05, 3.63) is 286 Å². The van der Waals surface area contributed by atoms with E-state index in [9.17, 15) is 0 Å². The van der Waals surface area contributed by atoms with E-state index in [0.717, 1.165) is 112 Å². The number of ether oxygens (including phenoxy) is 4. The maximum atomic E-state index is 8.21. The number of aryl methyl sites for hydroxylation is 11. The molecule has 0 spiro atoms. The van der Waals surface area contributed by atoms with Gasteiger partial charge < -0.3 is 18.9 Å². The lowest BCUT2D eigenvalue weighted by atomic mass is 9.73. The second-order valence-corrected chi connectivity index (χ2v) is 35.2. The molecule has 4 aliphatic heterocycles. The molecular weight excluding hydrogens is 1410 g/mol. The Hall–Kier alpha value is -10.4. The lowest BCUT2D eigenvalue weighted by molar-refractivity contribution is -0.660. The van der Waals surface area contributed by atoms with Gasteiger partial charge in [0.1, 0.15) is 73.6 Å². The van der Waals surface area contributed by atoms with Crippen molar-refractivity contribution >= 4 is 0 Å². The van der Waals surface area contributed by atoms with Crippen LogP contribution >= 0.6 is 0 Å². The molecule has 0 unspecified atom stereocenters. The zero-order chi connectivity index (χ0) is 87.7. The van der Waals surface area contributed by atoms with E-state index in [-0.39, 0.29) is 68.2 Å². The normalized spacial score (nSPS) is 17.5. The van der Waals surface area contributed by atoms with Gasteiger partial charge in [-0.3, -0.25) is 0 Å². The minimum atomic E-state index is -2.25. The monoisotopic (exact) mass is 1550 g/mol. The molecule has 0 radical (unpaired) electrons. The summed E-state index contributed by atoms with van der Waals surface area (Å²) in [6.07, 6.45) is 7.38. The molecule has 0 saturated carbocycles. The van der Waals surface area contributed by atoms with Gasteiger partial charge in [0.2, 0.25) is 22.8 Å². The van der Waals surface area contributed by atoms with Crippen molar-refractivity contribution in [1.82, 2.24) is 0 Å². The van der Waals surface area contributed by atoms with E-state index in [1.807, 2.05) is 126 Å². The molecule has 4 aliphatic rings. The summed E-state index contributed by atoms with van der Waals surface area (Å²) >= 11 is 0. The van der Waals surface area contributed by atoms with Crippen LogP contribution in [0.5, 0.6) is 23.0 Å². The van der Waals surface area contributed by atoms with Crippen LogP contribution in [0.15, 0.2) is 225 Å². The Balaban J connectivity index is 0.000000186. The van der Waals surface area contributed by atoms with Gasteiger partial charge in [-0.2, -0.15) is 0 Å². The fourth-order valence-corrected chi connectivity index (χ4v) is 16.0. The number of aromatic nitrogens is 4. The van der Waals surface area contributed by atoms with Gasteiger partial charge in [-0.05, 0) is 196 Å². The van der Waals surface area contributed by atoms with Gasteiger partial charge >= 0.3 is 0 Å². The molecule has 602 valence electrons. The molecule has 0 bridgehead atoms. The van der Waals surface area contributed by atoms with Crippen LogP contribution in [0, 0.1) is 48.3 Å². The van der Waals surface area contributed by atoms with Crippen molar-refractivity contribution in [2.75, 3.05) is 0 Å². The largest absolute Gasteiger partial charge is 0.487 e. The van der Waals surface area contributed by atoms with Gasteiger partial charge in [-0.1, -0.05) is 212 Å². The van der Waals surface area contributed by atoms with Gasteiger partial charge in [0.25, 0.3) is 0 Å². The van der Waals surface area contributed by atoms with Gasteiger partial charge in [-0.25, -0.2) is 18.3 Å². The van der Waals surface area contributed by atoms with E-state index in [4.69, 9.17) is 31.3 Å². The van der Waals surface area contributed by atoms with Crippen molar-refractivity contribution in [3.63, 3.8) is 0 Å². The van der Waals surface area contributed by atoms with Gasteiger partial charge in [-0.15, -0.1) is 0 Å². The van der Waals surface area contributed by atoms with Crippen molar-refractivity contribution in [1.29, 1.82) is 0 Å². The fraction of sp³-hybridized carbons (Fsp3) is 0.364. The third-order valence-electron chi connectivity index (χ3n) is 26.0. The van der Waals surface area contributed by atoms with Crippen LogP contribution in [-0.2, 0) is 49.9 Å². The zero-order valence-electron chi connectivity index (χ0n) is 78.8. The molecular formula is C107H134N4O4+4. The Kier molecular flexibility index (Phi) is 21.3. The number of pyridine rings is 4. The van der Waals surface area contributed by atoms with E-state index in [0.29, 0.717) is 27.8 Å². The molecule has 0 fully saturated rings. The van der Waals surface area contributed by atoms with Crippen molar-refractivity contribution in [2.45, 2.75) is 233 Å². The molecule has 0 aliphatic carbocycles. The summed E-state index contributed by atoms with van der Waals surface area (Å²) in [7, 11) is 7.81. The first kappa shape index (κ1) is 75.9. The SMILES string of the molecule is C.C.C.C.Cc1ccccc1-c1cc(-c2cccc3c2OC(C)(C)C3(C)C)cc[n+]1C.[2H]C([2H])([2H])c1c[n+](C)c(-c2ccccc2C)cc1-c1ccc2c(c1)C(C)(C)C(C)(C)O2.[2H]C([2H])([2H])c1c[n+](C)c(-c2ccccc2C)cc1-c1ccc2c(c1)OC(C)(C)C2(C)C.[2H]C([2H])([2H])c1c[n+](C)c(-c2ccccc2C)cc1-c1cccc2c1OC(C)(C)C2(C)C. The molecule has 8 nitrogen and oxygen atoms in total. The molecule has 115 heavy (non-hydrogen) atoms. The summed E-state index contributed by atoms with van der Waals surface area (Å²) in [6, 6.07) is 68.3. The smallest absolute Gasteiger partial charge is 0.213 e. The maximum absolute atomic E-state index is 8.21. The molecule has 0 saturated heterocycles. The minimum Gasteiger partial charge on any atom is -0.487 e. The minimum absolute atomic E-state index is 0. The Morgan fingerprint density at radius 1 is 0.252 bits per heavy atom. The quantitative estimate of drug-likeness (QED) is 0.142. The Morgan fingerprint density at radius 3 is 1.00 bits per heavy atom. The molecule has 0 atom stereocenters.